The summed E-state index contributed by atoms with van der Waals surface area (Å²) in [7, 11) is 0. The summed E-state index contributed by atoms with van der Waals surface area (Å²) in [5, 5.41) is 0. The summed E-state index contributed by atoms with van der Waals surface area (Å²) in [6, 6.07) is 0. The third kappa shape index (κ3) is 1.95. The second-order valence-electron chi connectivity index (χ2n) is 1.48. The molecule has 1 rings (SSSR count). The maximum Gasteiger partial charge on any atom is 0.137 e. The summed E-state index contributed by atoms with van der Waals surface area (Å²) in [6.07, 6.45) is 3.41. The van der Waals surface area contributed by atoms with Crippen LogP contribution in [-0.4, -0.2) is 9.97 Å². The van der Waals surface area contributed by atoms with Crippen LogP contribution in [0.4, 0.5) is 0 Å². The third-order valence-electron chi connectivity index (χ3n) is 0.815. The van der Waals surface area contributed by atoms with Gasteiger partial charge in [0.15, 0.2) is 0 Å². The van der Waals surface area contributed by atoms with Gasteiger partial charge in [-0.25, -0.2) is 9.97 Å². The molecule has 9 heavy (non-hydrogen) atoms. The van der Waals surface area contributed by atoms with E-state index in [-0.39, 0.29) is 0 Å². The first-order valence-corrected chi connectivity index (χ1v) is 3.83. The van der Waals surface area contributed by atoms with Crippen LogP contribution in [0.25, 0.3) is 0 Å². The van der Waals surface area contributed by atoms with Crippen LogP contribution in [0.5, 0.6) is 0 Å². The summed E-state index contributed by atoms with van der Waals surface area (Å²) in [4.78, 5) is 7.92. The van der Waals surface area contributed by atoms with Gasteiger partial charge in [-0.15, -0.1) is 0 Å². The number of halogens is 1. The Bertz CT molecular complexity index is 187. The monoisotopic (exact) mass is 204 g/mol. The lowest BCUT2D eigenvalue weighted by atomic mass is 10.6. The van der Waals surface area contributed by atoms with Crippen LogP contribution in [0, 0.1) is 0 Å². The Hall–Kier alpha value is -0.0900. The van der Waals surface area contributed by atoms with Gasteiger partial charge in [-0.1, -0.05) is 0 Å². The third-order valence-corrected chi connectivity index (χ3v) is 1.51. The molecule has 4 heteroatoms. The van der Waals surface area contributed by atoms with Gasteiger partial charge in [0.05, 0.1) is 10.2 Å². The highest BCUT2D eigenvalue weighted by molar-refractivity contribution is 9.10. The van der Waals surface area contributed by atoms with Gasteiger partial charge in [-0.3, -0.25) is 0 Å². The number of rotatable bonds is 1. The average Bonchev–Trinajstić information content (AvgIpc) is 1.90. The minimum atomic E-state index is 0.591. The topological polar surface area (TPSA) is 25.8 Å². The first-order chi connectivity index (χ1) is 4.33. The van der Waals surface area contributed by atoms with E-state index in [1.165, 1.54) is 0 Å². The molecule has 0 aliphatic heterocycles. The molecule has 0 atom stereocenters. The molecule has 0 aliphatic carbocycles. The van der Waals surface area contributed by atoms with Crippen LogP contribution in [0.3, 0.4) is 0 Å². The fraction of sp³-hybridized carbons (Fsp3) is 0.200. The van der Waals surface area contributed by atoms with Crippen LogP contribution in [0.1, 0.15) is 5.82 Å². The second kappa shape index (κ2) is 3.17. The molecule has 0 radical (unpaired) electrons. The maximum absolute atomic E-state index is 4.00. The molecule has 1 aromatic heterocycles. The number of nitrogens with zero attached hydrogens (tertiary/aromatic N) is 2. The van der Waals surface area contributed by atoms with E-state index in [0.29, 0.717) is 5.75 Å². The highest BCUT2D eigenvalue weighted by atomic mass is 79.9. The molecule has 2 nitrogen and oxygen atoms in total. The predicted molar refractivity (Wildman–Crippen MR) is 42.4 cm³/mol. The summed E-state index contributed by atoms with van der Waals surface area (Å²) in [5.41, 5.74) is 0. The molecule has 1 heterocycles. The fourth-order valence-corrected chi connectivity index (χ4v) is 0.789. The van der Waals surface area contributed by atoms with E-state index < -0.39 is 0 Å². The predicted octanol–water partition coefficient (Wildman–Crippen LogP) is 1.67. The van der Waals surface area contributed by atoms with Gasteiger partial charge >= 0.3 is 0 Å². The average molecular weight is 205 g/mol. The Kier molecular flexibility index (Phi) is 2.48. The lowest BCUT2D eigenvalue weighted by Gasteiger charge is -1.91. The van der Waals surface area contributed by atoms with Crippen LogP contribution in [0.15, 0.2) is 16.9 Å². The maximum atomic E-state index is 4.00. The van der Waals surface area contributed by atoms with Crippen molar-refractivity contribution in [3.8, 4) is 0 Å². The molecule has 0 saturated heterocycles. The van der Waals surface area contributed by atoms with Crippen molar-refractivity contribution in [1.29, 1.82) is 0 Å². The molecule has 0 aromatic carbocycles. The molecule has 0 bridgehead atoms. The van der Waals surface area contributed by atoms with Crippen molar-refractivity contribution < 1.29 is 0 Å². The van der Waals surface area contributed by atoms with Crippen molar-refractivity contribution in [2.75, 3.05) is 0 Å². The van der Waals surface area contributed by atoms with Gasteiger partial charge < -0.3 is 0 Å². The van der Waals surface area contributed by atoms with E-state index in [4.69, 9.17) is 0 Å². The van der Waals surface area contributed by atoms with Crippen molar-refractivity contribution in [3.05, 3.63) is 22.7 Å². The molecule has 0 amide bonds. The number of hydrogen-bond donors (Lipinski definition) is 1. The molecule has 0 spiro atoms. The Labute approximate surface area is 67.3 Å². The van der Waals surface area contributed by atoms with Crippen molar-refractivity contribution >= 4 is 28.6 Å². The molecular formula is C5H5BrN2S. The van der Waals surface area contributed by atoms with Gasteiger partial charge in [0.25, 0.3) is 0 Å². The van der Waals surface area contributed by atoms with Crippen LogP contribution in [-0.2, 0) is 5.75 Å². The fourth-order valence-electron chi connectivity index (χ4n) is 0.421. The quantitative estimate of drug-likeness (QED) is 0.705. The minimum absolute atomic E-state index is 0.591. The van der Waals surface area contributed by atoms with Gasteiger partial charge in [0, 0.05) is 12.4 Å². The standard InChI is InChI=1S/C5H5BrN2S/c6-4-1-7-5(3-9)8-2-4/h1-2,9H,3H2. The summed E-state index contributed by atoms with van der Waals surface area (Å²) >= 11 is 7.23. The Morgan fingerprint density at radius 2 is 2.00 bits per heavy atom. The Morgan fingerprint density at radius 3 is 2.44 bits per heavy atom. The second-order valence-corrected chi connectivity index (χ2v) is 2.71. The number of hydrogen-bond acceptors (Lipinski definition) is 3. The number of aromatic nitrogens is 2. The van der Waals surface area contributed by atoms with E-state index in [2.05, 4.69) is 38.5 Å². The molecule has 0 N–H and O–H groups in total. The highest BCUT2D eigenvalue weighted by Gasteiger charge is 1.89. The lowest BCUT2D eigenvalue weighted by Crippen LogP contribution is -1.87. The van der Waals surface area contributed by atoms with Crippen LogP contribution >= 0.6 is 28.6 Å². The van der Waals surface area contributed by atoms with E-state index in [1.807, 2.05) is 0 Å². The first-order valence-electron chi connectivity index (χ1n) is 2.40. The summed E-state index contributed by atoms with van der Waals surface area (Å²) < 4.78 is 0.896. The lowest BCUT2D eigenvalue weighted by molar-refractivity contribution is 1.03. The molecule has 0 aliphatic rings. The molecule has 0 fully saturated rings. The zero-order valence-electron chi connectivity index (χ0n) is 4.58. The largest absolute Gasteiger partial charge is 0.239 e. The minimum Gasteiger partial charge on any atom is -0.239 e. The summed E-state index contributed by atoms with van der Waals surface area (Å²) in [5.74, 6) is 1.34. The van der Waals surface area contributed by atoms with E-state index in [0.717, 1.165) is 10.3 Å². The van der Waals surface area contributed by atoms with Crippen molar-refractivity contribution in [3.63, 3.8) is 0 Å². The molecular weight excluding hydrogens is 200 g/mol. The molecule has 0 unspecified atom stereocenters. The van der Waals surface area contributed by atoms with Gasteiger partial charge in [0.1, 0.15) is 5.82 Å². The highest BCUT2D eigenvalue weighted by Crippen LogP contribution is 2.04. The number of thiol groups is 1. The van der Waals surface area contributed by atoms with Crippen LogP contribution in [0.2, 0.25) is 0 Å². The molecule has 1 aromatic rings. The van der Waals surface area contributed by atoms with E-state index in [9.17, 15) is 0 Å². The molecule has 0 saturated carbocycles. The van der Waals surface area contributed by atoms with Gasteiger partial charge in [-0.05, 0) is 15.9 Å². The van der Waals surface area contributed by atoms with Crippen molar-refractivity contribution in [2.24, 2.45) is 0 Å². The van der Waals surface area contributed by atoms with Crippen molar-refractivity contribution in [2.45, 2.75) is 5.75 Å². The zero-order chi connectivity index (χ0) is 6.69. The SMILES string of the molecule is SCc1ncc(Br)cn1. The normalized spacial score (nSPS) is 9.56. The first kappa shape index (κ1) is 7.02. The van der Waals surface area contributed by atoms with E-state index in [1.54, 1.807) is 12.4 Å². The smallest absolute Gasteiger partial charge is 0.137 e. The van der Waals surface area contributed by atoms with E-state index >= 15 is 0 Å². The van der Waals surface area contributed by atoms with Crippen molar-refractivity contribution in [1.82, 2.24) is 9.97 Å². The van der Waals surface area contributed by atoms with Gasteiger partial charge in [0.2, 0.25) is 0 Å². The summed E-state index contributed by atoms with van der Waals surface area (Å²) in [6.45, 7) is 0. The Balaban J connectivity index is 2.88. The Morgan fingerprint density at radius 1 is 1.44 bits per heavy atom. The molecule has 48 valence electrons. The van der Waals surface area contributed by atoms with Crippen LogP contribution < -0.4 is 0 Å². The zero-order valence-corrected chi connectivity index (χ0v) is 7.06. The van der Waals surface area contributed by atoms with Gasteiger partial charge in [-0.2, -0.15) is 12.6 Å².